The lowest BCUT2D eigenvalue weighted by molar-refractivity contribution is 0.190. The Morgan fingerprint density at radius 1 is 1.39 bits per heavy atom. The Balaban J connectivity index is 2.14. The number of pyridine rings is 1. The van der Waals surface area contributed by atoms with E-state index in [1.54, 1.807) is 19.3 Å². The quantitative estimate of drug-likeness (QED) is 0.940. The minimum atomic E-state index is -0.564. The summed E-state index contributed by atoms with van der Waals surface area (Å²) in [4.78, 5) is 4.03. The molecule has 0 aliphatic heterocycles. The highest BCUT2D eigenvalue weighted by molar-refractivity contribution is 9.10. The molecule has 0 bridgehead atoms. The van der Waals surface area contributed by atoms with E-state index in [1.807, 2.05) is 30.3 Å². The fourth-order valence-corrected chi connectivity index (χ4v) is 2.00. The molecule has 4 heteroatoms. The maximum atomic E-state index is 9.71. The molecule has 0 spiro atoms. The monoisotopic (exact) mass is 307 g/mol. The van der Waals surface area contributed by atoms with Crippen LogP contribution >= 0.6 is 15.9 Å². The van der Waals surface area contributed by atoms with Crippen LogP contribution in [-0.4, -0.2) is 10.1 Å². The second-order valence-corrected chi connectivity index (χ2v) is 4.92. The molecule has 3 nitrogen and oxygen atoms in total. The van der Waals surface area contributed by atoms with Gasteiger partial charge in [0, 0.05) is 28.0 Å². The summed E-state index contributed by atoms with van der Waals surface area (Å²) in [5, 5.41) is 9.71. The average Bonchev–Trinajstić information content (AvgIpc) is 2.38. The molecule has 0 aliphatic rings. The van der Waals surface area contributed by atoms with Crippen LogP contribution < -0.4 is 4.74 Å². The van der Waals surface area contributed by atoms with E-state index < -0.39 is 6.10 Å². The third-order valence-corrected chi connectivity index (χ3v) is 3.03. The Morgan fingerprint density at radius 3 is 2.89 bits per heavy atom. The van der Waals surface area contributed by atoms with Crippen molar-refractivity contribution in [3.8, 4) is 5.75 Å². The van der Waals surface area contributed by atoms with Crippen LogP contribution in [0.1, 0.15) is 24.2 Å². The zero-order chi connectivity index (χ0) is 13.0. The van der Waals surface area contributed by atoms with Crippen molar-refractivity contribution in [1.82, 2.24) is 4.98 Å². The first-order valence-electron chi connectivity index (χ1n) is 5.66. The standard InChI is InChI=1S/C14H14BrNO2/c1-10(17)13-7-12(15)4-5-14(13)18-9-11-3-2-6-16-8-11/h2-8,10,17H,9H2,1H3/t10-/m1/s1. The predicted molar refractivity (Wildman–Crippen MR) is 73.3 cm³/mol. The lowest BCUT2D eigenvalue weighted by Crippen LogP contribution is -2.01. The predicted octanol–water partition coefficient (Wildman–Crippen LogP) is 3.48. The minimum absolute atomic E-state index is 0.440. The van der Waals surface area contributed by atoms with Gasteiger partial charge < -0.3 is 9.84 Å². The summed E-state index contributed by atoms with van der Waals surface area (Å²) in [6.45, 7) is 2.16. The molecular weight excluding hydrogens is 294 g/mol. The van der Waals surface area contributed by atoms with Gasteiger partial charge in [-0.2, -0.15) is 0 Å². The van der Waals surface area contributed by atoms with Gasteiger partial charge in [0.05, 0.1) is 6.10 Å². The number of hydrogen-bond donors (Lipinski definition) is 1. The van der Waals surface area contributed by atoms with E-state index >= 15 is 0 Å². The lowest BCUT2D eigenvalue weighted by atomic mass is 10.1. The Hall–Kier alpha value is -1.39. The van der Waals surface area contributed by atoms with Crippen molar-refractivity contribution in [2.75, 3.05) is 0 Å². The van der Waals surface area contributed by atoms with Gasteiger partial charge in [0.15, 0.2) is 0 Å². The van der Waals surface area contributed by atoms with Gasteiger partial charge in [-0.3, -0.25) is 4.98 Å². The van der Waals surface area contributed by atoms with Gasteiger partial charge in [-0.05, 0) is 31.2 Å². The van der Waals surface area contributed by atoms with Crippen LogP contribution in [-0.2, 0) is 6.61 Å². The summed E-state index contributed by atoms with van der Waals surface area (Å²) in [6, 6.07) is 9.43. The second kappa shape index (κ2) is 5.98. The number of aliphatic hydroxyl groups is 1. The van der Waals surface area contributed by atoms with Crippen molar-refractivity contribution in [3.63, 3.8) is 0 Å². The Bertz CT molecular complexity index is 514. The summed E-state index contributed by atoms with van der Waals surface area (Å²) < 4.78 is 6.64. The van der Waals surface area contributed by atoms with E-state index in [2.05, 4.69) is 20.9 Å². The number of ether oxygens (including phenoxy) is 1. The van der Waals surface area contributed by atoms with E-state index in [4.69, 9.17) is 4.74 Å². The van der Waals surface area contributed by atoms with E-state index in [-0.39, 0.29) is 0 Å². The van der Waals surface area contributed by atoms with Crippen molar-refractivity contribution >= 4 is 15.9 Å². The van der Waals surface area contributed by atoms with Gasteiger partial charge in [-0.15, -0.1) is 0 Å². The molecule has 0 unspecified atom stereocenters. The number of halogens is 1. The van der Waals surface area contributed by atoms with Crippen LogP contribution in [0.25, 0.3) is 0 Å². The summed E-state index contributed by atoms with van der Waals surface area (Å²) in [6.07, 6.45) is 2.93. The second-order valence-electron chi connectivity index (χ2n) is 4.01. The topological polar surface area (TPSA) is 42.4 Å². The summed E-state index contributed by atoms with van der Waals surface area (Å²) in [7, 11) is 0. The molecule has 0 amide bonds. The molecule has 2 rings (SSSR count). The van der Waals surface area contributed by atoms with Crippen LogP contribution in [0.15, 0.2) is 47.2 Å². The van der Waals surface area contributed by atoms with E-state index in [0.29, 0.717) is 12.4 Å². The van der Waals surface area contributed by atoms with Gasteiger partial charge in [-0.25, -0.2) is 0 Å². The first-order chi connectivity index (χ1) is 8.66. The van der Waals surface area contributed by atoms with Crippen LogP contribution in [0.5, 0.6) is 5.75 Å². The molecule has 0 radical (unpaired) electrons. The normalized spacial score (nSPS) is 12.2. The van der Waals surface area contributed by atoms with Crippen molar-refractivity contribution in [2.24, 2.45) is 0 Å². The molecule has 0 saturated carbocycles. The van der Waals surface area contributed by atoms with Gasteiger partial charge in [0.2, 0.25) is 0 Å². The highest BCUT2D eigenvalue weighted by atomic mass is 79.9. The molecule has 1 aromatic heterocycles. The zero-order valence-corrected chi connectivity index (χ0v) is 11.6. The van der Waals surface area contributed by atoms with Crippen molar-refractivity contribution in [1.29, 1.82) is 0 Å². The summed E-state index contributed by atoms with van der Waals surface area (Å²) in [5.74, 6) is 0.692. The van der Waals surface area contributed by atoms with Crippen LogP contribution in [0.3, 0.4) is 0 Å². The third kappa shape index (κ3) is 3.31. The fraction of sp³-hybridized carbons (Fsp3) is 0.214. The van der Waals surface area contributed by atoms with Gasteiger partial charge in [0.1, 0.15) is 12.4 Å². The number of aliphatic hydroxyl groups excluding tert-OH is 1. The molecule has 2 aromatic rings. The maximum Gasteiger partial charge on any atom is 0.125 e. The number of hydrogen-bond acceptors (Lipinski definition) is 3. The summed E-state index contributed by atoms with van der Waals surface area (Å²) >= 11 is 3.38. The maximum absolute atomic E-state index is 9.71. The molecule has 0 fully saturated rings. The molecule has 0 aliphatic carbocycles. The molecule has 1 N–H and O–H groups in total. The molecular formula is C14H14BrNO2. The molecule has 1 aromatic carbocycles. The largest absolute Gasteiger partial charge is 0.488 e. The Labute approximate surface area is 115 Å². The number of benzene rings is 1. The van der Waals surface area contributed by atoms with Gasteiger partial charge in [-0.1, -0.05) is 22.0 Å². The van der Waals surface area contributed by atoms with E-state index in [1.165, 1.54) is 0 Å². The average molecular weight is 308 g/mol. The number of rotatable bonds is 4. The molecule has 0 saturated heterocycles. The first kappa shape index (κ1) is 13.1. The van der Waals surface area contributed by atoms with Crippen LogP contribution in [0.2, 0.25) is 0 Å². The molecule has 18 heavy (non-hydrogen) atoms. The van der Waals surface area contributed by atoms with Crippen LogP contribution in [0, 0.1) is 0 Å². The van der Waals surface area contributed by atoms with Crippen molar-refractivity contribution in [3.05, 3.63) is 58.3 Å². The highest BCUT2D eigenvalue weighted by Gasteiger charge is 2.10. The number of nitrogens with zero attached hydrogens (tertiary/aromatic N) is 1. The third-order valence-electron chi connectivity index (χ3n) is 2.54. The smallest absolute Gasteiger partial charge is 0.125 e. The Kier molecular flexibility index (Phi) is 4.33. The molecule has 1 heterocycles. The van der Waals surface area contributed by atoms with Gasteiger partial charge in [0.25, 0.3) is 0 Å². The zero-order valence-electron chi connectivity index (χ0n) is 10.0. The van der Waals surface area contributed by atoms with Crippen molar-refractivity contribution in [2.45, 2.75) is 19.6 Å². The Morgan fingerprint density at radius 2 is 2.22 bits per heavy atom. The fourth-order valence-electron chi connectivity index (χ4n) is 1.62. The molecule has 94 valence electrons. The lowest BCUT2D eigenvalue weighted by Gasteiger charge is -2.13. The summed E-state index contributed by atoms with van der Waals surface area (Å²) in [5.41, 5.74) is 1.77. The molecule has 1 atom stereocenters. The van der Waals surface area contributed by atoms with E-state index in [0.717, 1.165) is 15.6 Å². The van der Waals surface area contributed by atoms with Crippen LogP contribution in [0.4, 0.5) is 0 Å². The van der Waals surface area contributed by atoms with Crippen molar-refractivity contribution < 1.29 is 9.84 Å². The number of aromatic nitrogens is 1. The van der Waals surface area contributed by atoms with Gasteiger partial charge >= 0.3 is 0 Å². The first-order valence-corrected chi connectivity index (χ1v) is 6.45. The minimum Gasteiger partial charge on any atom is -0.488 e. The highest BCUT2D eigenvalue weighted by Crippen LogP contribution is 2.29. The van der Waals surface area contributed by atoms with E-state index in [9.17, 15) is 5.11 Å². The SMILES string of the molecule is C[C@@H](O)c1cc(Br)ccc1OCc1cccnc1.